The molecule has 1 aromatic heterocycles. The minimum Gasteiger partial charge on any atom is -0.497 e. The van der Waals surface area contributed by atoms with Gasteiger partial charge in [0.2, 0.25) is 0 Å². The Labute approximate surface area is 119 Å². The molecule has 1 unspecified atom stereocenters. The quantitative estimate of drug-likeness (QED) is 0.878. The molecule has 4 nitrogen and oxygen atoms in total. The van der Waals surface area contributed by atoms with E-state index in [-0.39, 0.29) is 6.04 Å². The molecule has 20 heavy (non-hydrogen) atoms. The van der Waals surface area contributed by atoms with Crippen LogP contribution in [0, 0.1) is 0 Å². The Kier molecular flexibility index (Phi) is 4.96. The molecule has 0 saturated carbocycles. The first-order valence-electron chi connectivity index (χ1n) is 6.61. The van der Waals surface area contributed by atoms with Crippen molar-refractivity contribution in [2.75, 3.05) is 14.2 Å². The standard InChI is InChI=1S/C16H20N2O2/c1-19-13-6-3-12(4-7-13)5-8-15(17)14-9-10-18-11-16(14)20-2/h3-4,6-7,9-11,15H,5,8,17H2,1-2H3. The predicted octanol–water partition coefficient (Wildman–Crippen LogP) is 2.73. The van der Waals surface area contributed by atoms with Crippen molar-refractivity contribution in [2.45, 2.75) is 18.9 Å². The molecule has 0 fully saturated rings. The van der Waals surface area contributed by atoms with Crippen molar-refractivity contribution in [1.82, 2.24) is 4.98 Å². The summed E-state index contributed by atoms with van der Waals surface area (Å²) in [6.45, 7) is 0. The summed E-state index contributed by atoms with van der Waals surface area (Å²) in [6, 6.07) is 9.92. The summed E-state index contributed by atoms with van der Waals surface area (Å²) in [5.41, 5.74) is 8.48. The number of benzene rings is 1. The van der Waals surface area contributed by atoms with Crippen LogP contribution >= 0.6 is 0 Å². The molecular weight excluding hydrogens is 252 g/mol. The first kappa shape index (κ1) is 14.3. The molecule has 1 atom stereocenters. The lowest BCUT2D eigenvalue weighted by atomic mass is 10.00. The number of rotatable bonds is 6. The number of hydrogen-bond acceptors (Lipinski definition) is 4. The van der Waals surface area contributed by atoms with E-state index in [1.807, 2.05) is 18.2 Å². The van der Waals surface area contributed by atoms with E-state index in [0.29, 0.717) is 0 Å². The molecule has 0 amide bonds. The minimum atomic E-state index is -0.0601. The second kappa shape index (κ2) is 6.91. The summed E-state index contributed by atoms with van der Waals surface area (Å²) >= 11 is 0. The van der Waals surface area contributed by atoms with Gasteiger partial charge < -0.3 is 15.2 Å². The first-order chi connectivity index (χ1) is 9.74. The van der Waals surface area contributed by atoms with Gasteiger partial charge in [-0.05, 0) is 36.6 Å². The highest BCUT2D eigenvalue weighted by molar-refractivity contribution is 5.33. The average molecular weight is 272 g/mol. The fraction of sp³-hybridized carbons (Fsp3) is 0.312. The maximum absolute atomic E-state index is 6.24. The summed E-state index contributed by atoms with van der Waals surface area (Å²) in [5, 5.41) is 0. The second-order valence-corrected chi connectivity index (χ2v) is 4.61. The molecular formula is C16H20N2O2. The fourth-order valence-corrected chi connectivity index (χ4v) is 2.14. The Morgan fingerprint density at radius 1 is 1.10 bits per heavy atom. The van der Waals surface area contributed by atoms with Crippen molar-refractivity contribution in [3.63, 3.8) is 0 Å². The predicted molar refractivity (Wildman–Crippen MR) is 79.0 cm³/mol. The number of pyridine rings is 1. The van der Waals surface area contributed by atoms with Gasteiger partial charge in [0.05, 0.1) is 20.4 Å². The van der Waals surface area contributed by atoms with E-state index in [1.54, 1.807) is 26.6 Å². The lowest BCUT2D eigenvalue weighted by Gasteiger charge is -2.15. The van der Waals surface area contributed by atoms with Gasteiger partial charge in [0.15, 0.2) is 0 Å². The molecule has 0 bridgehead atoms. The van der Waals surface area contributed by atoms with Crippen LogP contribution in [-0.2, 0) is 6.42 Å². The number of methoxy groups -OCH3 is 2. The molecule has 2 aromatic rings. The van der Waals surface area contributed by atoms with Crippen molar-refractivity contribution in [2.24, 2.45) is 5.73 Å². The molecule has 0 radical (unpaired) electrons. The van der Waals surface area contributed by atoms with Crippen LogP contribution in [0.5, 0.6) is 11.5 Å². The summed E-state index contributed by atoms with van der Waals surface area (Å²) in [7, 11) is 3.30. The van der Waals surface area contributed by atoms with Gasteiger partial charge in [0, 0.05) is 17.8 Å². The van der Waals surface area contributed by atoms with E-state index < -0.39 is 0 Å². The van der Waals surface area contributed by atoms with E-state index >= 15 is 0 Å². The molecule has 1 heterocycles. The molecule has 4 heteroatoms. The lowest BCUT2D eigenvalue weighted by molar-refractivity contribution is 0.402. The molecule has 2 rings (SSSR count). The molecule has 0 aliphatic heterocycles. The molecule has 2 N–H and O–H groups in total. The van der Waals surface area contributed by atoms with Gasteiger partial charge in [0.25, 0.3) is 0 Å². The number of ether oxygens (including phenoxy) is 2. The van der Waals surface area contributed by atoms with Gasteiger partial charge in [-0.3, -0.25) is 4.98 Å². The summed E-state index contributed by atoms with van der Waals surface area (Å²) in [6.07, 6.45) is 5.21. The third kappa shape index (κ3) is 3.48. The number of nitrogens with two attached hydrogens (primary N) is 1. The van der Waals surface area contributed by atoms with Crippen LogP contribution in [-0.4, -0.2) is 19.2 Å². The number of aromatic nitrogens is 1. The van der Waals surface area contributed by atoms with Crippen LogP contribution < -0.4 is 15.2 Å². The smallest absolute Gasteiger partial charge is 0.141 e. The highest BCUT2D eigenvalue weighted by atomic mass is 16.5. The fourth-order valence-electron chi connectivity index (χ4n) is 2.14. The van der Waals surface area contributed by atoms with Gasteiger partial charge in [-0.25, -0.2) is 0 Å². The van der Waals surface area contributed by atoms with Gasteiger partial charge in [-0.1, -0.05) is 12.1 Å². The Morgan fingerprint density at radius 2 is 1.85 bits per heavy atom. The minimum absolute atomic E-state index is 0.0601. The van der Waals surface area contributed by atoms with E-state index in [2.05, 4.69) is 17.1 Å². The monoisotopic (exact) mass is 272 g/mol. The number of aryl methyl sites for hydroxylation is 1. The van der Waals surface area contributed by atoms with Crippen molar-refractivity contribution in [1.29, 1.82) is 0 Å². The SMILES string of the molecule is COc1ccc(CCC(N)c2ccncc2OC)cc1. The van der Waals surface area contributed by atoms with Crippen LogP contribution in [0.2, 0.25) is 0 Å². The Balaban J connectivity index is 1.98. The van der Waals surface area contributed by atoms with Gasteiger partial charge in [-0.15, -0.1) is 0 Å². The Hall–Kier alpha value is -2.07. The largest absolute Gasteiger partial charge is 0.497 e. The lowest BCUT2D eigenvalue weighted by Crippen LogP contribution is -2.12. The summed E-state index contributed by atoms with van der Waals surface area (Å²) < 4.78 is 10.4. The highest BCUT2D eigenvalue weighted by Crippen LogP contribution is 2.25. The molecule has 0 saturated heterocycles. The van der Waals surface area contributed by atoms with Crippen LogP contribution in [0.25, 0.3) is 0 Å². The zero-order valence-electron chi connectivity index (χ0n) is 11.9. The maximum atomic E-state index is 6.24. The van der Waals surface area contributed by atoms with Crippen molar-refractivity contribution < 1.29 is 9.47 Å². The second-order valence-electron chi connectivity index (χ2n) is 4.61. The molecule has 0 aliphatic carbocycles. The topological polar surface area (TPSA) is 57.4 Å². The van der Waals surface area contributed by atoms with Gasteiger partial charge in [-0.2, -0.15) is 0 Å². The number of nitrogens with zero attached hydrogens (tertiary/aromatic N) is 1. The van der Waals surface area contributed by atoms with Gasteiger partial charge >= 0.3 is 0 Å². The summed E-state index contributed by atoms with van der Waals surface area (Å²) in [4.78, 5) is 4.04. The maximum Gasteiger partial charge on any atom is 0.141 e. The number of hydrogen-bond donors (Lipinski definition) is 1. The van der Waals surface area contributed by atoms with E-state index in [0.717, 1.165) is 29.9 Å². The molecule has 106 valence electrons. The van der Waals surface area contributed by atoms with E-state index in [9.17, 15) is 0 Å². The Morgan fingerprint density at radius 3 is 2.50 bits per heavy atom. The Bertz CT molecular complexity index is 540. The third-order valence-corrected chi connectivity index (χ3v) is 3.34. The summed E-state index contributed by atoms with van der Waals surface area (Å²) in [5.74, 6) is 1.61. The van der Waals surface area contributed by atoms with Crippen molar-refractivity contribution in [3.05, 3.63) is 53.9 Å². The first-order valence-corrected chi connectivity index (χ1v) is 6.61. The third-order valence-electron chi connectivity index (χ3n) is 3.34. The van der Waals surface area contributed by atoms with E-state index in [4.69, 9.17) is 15.2 Å². The van der Waals surface area contributed by atoms with Crippen molar-refractivity contribution >= 4 is 0 Å². The van der Waals surface area contributed by atoms with E-state index in [1.165, 1.54) is 5.56 Å². The van der Waals surface area contributed by atoms with Crippen LogP contribution in [0.4, 0.5) is 0 Å². The molecule has 0 aliphatic rings. The highest BCUT2D eigenvalue weighted by Gasteiger charge is 2.11. The van der Waals surface area contributed by atoms with Crippen molar-refractivity contribution in [3.8, 4) is 11.5 Å². The zero-order valence-corrected chi connectivity index (χ0v) is 11.9. The van der Waals surface area contributed by atoms with Crippen LogP contribution in [0.3, 0.4) is 0 Å². The normalized spacial score (nSPS) is 11.9. The van der Waals surface area contributed by atoms with Crippen LogP contribution in [0.15, 0.2) is 42.7 Å². The van der Waals surface area contributed by atoms with Gasteiger partial charge in [0.1, 0.15) is 11.5 Å². The van der Waals surface area contributed by atoms with Crippen LogP contribution in [0.1, 0.15) is 23.6 Å². The molecule has 1 aromatic carbocycles. The zero-order chi connectivity index (χ0) is 14.4. The average Bonchev–Trinajstić information content (AvgIpc) is 2.53. The molecule has 0 spiro atoms.